The molecule has 4 rings (SSSR count). The number of hydrogen-bond donors (Lipinski definition) is 2. The molecule has 0 aromatic heterocycles. The molecular weight excluding hydrogens is 494 g/mol. The second-order valence-corrected chi connectivity index (χ2v) is 9.93. The fourth-order valence-corrected chi connectivity index (χ4v) is 4.72. The molecule has 204 valence electrons. The monoisotopic (exact) mass is 529 g/mol. The van der Waals surface area contributed by atoms with E-state index in [4.69, 9.17) is 9.47 Å². The van der Waals surface area contributed by atoms with Crippen molar-refractivity contribution < 1.29 is 29.3 Å². The Labute approximate surface area is 229 Å². The van der Waals surface area contributed by atoms with Crippen molar-refractivity contribution in [3.63, 3.8) is 0 Å². The van der Waals surface area contributed by atoms with E-state index < -0.39 is 17.7 Å². The topological polar surface area (TPSA) is 96.3 Å². The Balaban J connectivity index is 1.78. The highest BCUT2D eigenvalue weighted by molar-refractivity contribution is 6.51. The number of ketones is 1. The summed E-state index contributed by atoms with van der Waals surface area (Å²) < 4.78 is 10.9. The Morgan fingerprint density at radius 3 is 2.26 bits per heavy atom. The summed E-state index contributed by atoms with van der Waals surface area (Å²) in [6.45, 7) is 6.87. The number of aliphatic hydroxyl groups excluding tert-OH is 1. The Bertz CT molecular complexity index is 1360. The number of phenolic OH excluding ortho intramolecular Hbond substituents is 1. The zero-order chi connectivity index (χ0) is 28.1. The number of rotatable bonds is 10. The second kappa shape index (κ2) is 12.1. The first-order chi connectivity index (χ1) is 18.8. The summed E-state index contributed by atoms with van der Waals surface area (Å²) in [5.41, 5.74) is 2.38. The van der Waals surface area contributed by atoms with Crippen molar-refractivity contribution in [2.24, 2.45) is 0 Å². The number of amides is 1. The van der Waals surface area contributed by atoms with Gasteiger partial charge in [-0.15, -0.1) is 0 Å². The van der Waals surface area contributed by atoms with Crippen molar-refractivity contribution in [1.29, 1.82) is 0 Å². The third-order valence-electron chi connectivity index (χ3n) is 6.95. The lowest BCUT2D eigenvalue weighted by Gasteiger charge is -2.26. The van der Waals surface area contributed by atoms with Crippen LogP contribution in [0.4, 0.5) is 5.69 Å². The van der Waals surface area contributed by atoms with Gasteiger partial charge in [0, 0.05) is 11.3 Å². The maximum Gasteiger partial charge on any atom is 0.300 e. The molecular formula is C32H35NO6. The minimum absolute atomic E-state index is 0.0610. The summed E-state index contributed by atoms with van der Waals surface area (Å²) >= 11 is 0. The second-order valence-electron chi connectivity index (χ2n) is 9.93. The third kappa shape index (κ3) is 5.77. The molecule has 39 heavy (non-hydrogen) atoms. The molecule has 3 aromatic rings. The van der Waals surface area contributed by atoms with E-state index in [0.717, 1.165) is 24.8 Å². The first-order valence-corrected chi connectivity index (χ1v) is 13.3. The van der Waals surface area contributed by atoms with Gasteiger partial charge < -0.3 is 19.7 Å². The van der Waals surface area contributed by atoms with Crippen LogP contribution in [0.25, 0.3) is 5.76 Å². The van der Waals surface area contributed by atoms with Gasteiger partial charge in [-0.1, -0.05) is 51.8 Å². The van der Waals surface area contributed by atoms with Gasteiger partial charge in [0.1, 0.15) is 11.5 Å². The fraction of sp³-hybridized carbons (Fsp3) is 0.312. The number of aromatic hydroxyl groups is 1. The number of Topliss-reactive ketones (excluding diaryl/α,β-unsaturated/α-hetero) is 1. The number of unbranched alkanes of at least 4 members (excludes halogenated alkanes) is 2. The van der Waals surface area contributed by atoms with E-state index in [1.54, 1.807) is 48.5 Å². The normalized spacial score (nSPS) is 16.6. The van der Waals surface area contributed by atoms with Gasteiger partial charge in [0.05, 0.1) is 25.3 Å². The number of hydrogen-bond acceptors (Lipinski definition) is 6. The molecule has 1 aliphatic rings. The quantitative estimate of drug-likeness (QED) is 0.131. The number of carbonyl (C=O) groups is 2. The van der Waals surface area contributed by atoms with Crippen molar-refractivity contribution in [3.8, 4) is 17.2 Å². The minimum Gasteiger partial charge on any atom is -0.507 e. The summed E-state index contributed by atoms with van der Waals surface area (Å²) in [6.07, 6.45) is 3.14. The van der Waals surface area contributed by atoms with Crippen LogP contribution in [0.3, 0.4) is 0 Å². The molecule has 1 saturated heterocycles. The largest absolute Gasteiger partial charge is 0.507 e. The first kappa shape index (κ1) is 27.8. The van der Waals surface area contributed by atoms with E-state index in [1.807, 2.05) is 12.1 Å². The van der Waals surface area contributed by atoms with Crippen molar-refractivity contribution >= 4 is 23.1 Å². The number of anilines is 1. The van der Waals surface area contributed by atoms with E-state index in [2.05, 4.69) is 20.8 Å². The number of methoxy groups -OCH3 is 1. The molecule has 0 aliphatic carbocycles. The molecule has 0 saturated carbocycles. The van der Waals surface area contributed by atoms with Crippen LogP contribution in [0, 0.1) is 0 Å². The number of phenols is 1. The predicted molar refractivity (Wildman–Crippen MR) is 151 cm³/mol. The lowest BCUT2D eigenvalue weighted by Crippen LogP contribution is -2.29. The Morgan fingerprint density at radius 1 is 0.974 bits per heavy atom. The average molecular weight is 530 g/mol. The van der Waals surface area contributed by atoms with Crippen LogP contribution in [0.15, 0.2) is 72.3 Å². The van der Waals surface area contributed by atoms with Crippen LogP contribution < -0.4 is 14.4 Å². The number of aliphatic hydroxyl groups is 1. The molecule has 7 nitrogen and oxygen atoms in total. The van der Waals surface area contributed by atoms with Crippen LogP contribution >= 0.6 is 0 Å². The van der Waals surface area contributed by atoms with Crippen LogP contribution in [0.2, 0.25) is 0 Å². The van der Waals surface area contributed by atoms with E-state index in [0.29, 0.717) is 35.1 Å². The molecule has 3 aromatic carbocycles. The minimum atomic E-state index is -0.961. The van der Waals surface area contributed by atoms with Gasteiger partial charge in [-0.3, -0.25) is 14.5 Å². The molecule has 7 heteroatoms. The zero-order valence-electron chi connectivity index (χ0n) is 22.8. The van der Waals surface area contributed by atoms with Crippen molar-refractivity contribution in [1.82, 2.24) is 0 Å². The summed E-state index contributed by atoms with van der Waals surface area (Å²) in [5, 5.41) is 21.9. The highest BCUT2D eigenvalue weighted by atomic mass is 16.5. The maximum absolute atomic E-state index is 13.4. The Hall–Kier alpha value is -4.26. The smallest absolute Gasteiger partial charge is 0.300 e. The lowest BCUT2D eigenvalue weighted by atomic mass is 9.94. The predicted octanol–water partition coefficient (Wildman–Crippen LogP) is 6.72. The average Bonchev–Trinajstić information content (AvgIpc) is 3.21. The van der Waals surface area contributed by atoms with E-state index in [9.17, 15) is 19.8 Å². The molecule has 2 N–H and O–H groups in total. The number of benzene rings is 3. The summed E-state index contributed by atoms with van der Waals surface area (Å²) in [7, 11) is 1.44. The molecule has 1 fully saturated rings. The standard InChI is InChI=1S/C32H35NO6/c1-5-6-7-18-39-25-15-10-22(11-16-25)30(35)28-29(23-12-17-27(38-4)26(34)19-23)33(32(37)31(28)36)24-13-8-21(9-14-24)20(2)3/h8-17,19-20,29,34-35H,5-7,18H2,1-4H3/b30-28-. The maximum atomic E-state index is 13.4. The molecule has 0 radical (unpaired) electrons. The highest BCUT2D eigenvalue weighted by Crippen LogP contribution is 2.44. The first-order valence-electron chi connectivity index (χ1n) is 13.3. The fourth-order valence-electron chi connectivity index (χ4n) is 4.72. The molecule has 1 atom stereocenters. The van der Waals surface area contributed by atoms with Gasteiger partial charge in [0.25, 0.3) is 11.7 Å². The number of ether oxygens (including phenoxy) is 2. The van der Waals surface area contributed by atoms with Crippen LogP contribution in [-0.2, 0) is 9.59 Å². The van der Waals surface area contributed by atoms with E-state index >= 15 is 0 Å². The molecule has 0 bridgehead atoms. The third-order valence-corrected chi connectivity index (χ3v) is 6.95. The summed E-state index contributed by atoms with van der Waals surface area (Å²) in [4.78, 5) is 28.2. The van der Waals surface area contributed by atoms with Gasteiger partial charge in [-0.05, 0) is 72.0 Å². The van der Waals surface area contributed by atoms with Crippen LogP contribution in [0.5, 0.6) is 17.2 Å². The van der Waals surface area contributed by atoms with Gasteiger partial charge >= 0.3 is 0 Å². The van der Waals surface area contributed by atoms with Crippen molar-refractivity contribution in [2.75, 3.05) is 18.6 Å². The molecule has 1 heterocycles. The van der Waals surface area contributed by atoms with Crippen LogP contribution in [-0.4, -0.2) is 35.6 Å². The molecule has 1 aliphatic heterocycles. The van der Waals surface area contributed by atoms with Gasteiger partial charge in [0.2, 0.25) is 0 Å². The zero-order valence-corrected chi connectivity index (χ0v) is 22.8. The van der Waals surface area contributed by atoms with E-state index in [-0.39, 0.29) is 22.8 Å². The summed E-state index contributed by atoms with van der Waals surface area (Å²) in [5.74, 6) is -0.794. The highest BCUT2D eigenvalue weighted by Gasteiger charge is 2.47. The van der Waals surface area contributed by atoms with Crippen LogP contribution in [0.1, 0.15) is 68.7 Å². The van der Waals surface area contributed by atoms with Gasteiger partial charge in [-0.25, -0.2) is 0 Å². The van der Waals surface area contributed by atoms with Crippen molar-refractivity contribution in [3.05, 3.63) is 89.0 Å². The number of nitrogens with zero attached hydrogens (tertiary/aromatic N) is 1. The molecule has 1 unspecified atom stereocenters. The van der Waals surface area contributed by atoms with Gasteiger partial charge in [-0.2, -0.15) is 0 Å². The lowest BCUT2D eigenvalue weighted by molar-refractivity contribution is -0.132. The SMILES string of the molecule is CCCCCOc1ccc(/C(O)=C2/C(=O)C(=O)N(c3ccc(C(C)C)cc3)C2c2ccc(OC)c(O)c2)cc1. The van der Waals surface area contributed by atoms with Crippen molar-refractivity contribution in [2.45, 2.75) is 52.0 Å². The number of carbonyl (C=O) groups excluding carboxylic acids is 2. The molecule has 0 spiro atoms. The Kier molecular flexibility index (Phi) is 8.59. The summed E-state index contributed by atoms with van der Waals surface area (Å²) in [6, 6.07) is 17.9. The Morgan fingerprint density at radius 2 is 1.67 bits per heavy atom. The van der Waals surface area contributed by atoms with Gasteiger partial charge in [0.15, 0.2) is 11.5 Å². The van der Waals surface area contributed by atoms with E-state index in [1.165, 1.54) is 18.1 Å². The molecule has 1 amide bonds.